The monoisotopic (exact) mass is 136 g/mol. The highest BCUT2D eigenvalue weighted by atomic mass is 14.1. The first-order valence-corrected chi connectivity index (χ1v) is 3.76. The third-order valence-corrected chi connectivity index (χ3v) is 1.64. The van der Waals surface area contributed by atoms with Gasteiger partial charge in [0.05, 0.1) is 0 Å². The van der Waals surface area contributed by atoms with Gasteiger partial charge in [-0.2, -0.15) is 0 Å². The number of hydrogen-bond donors (Lipinski definition) is 0. The van der Waals surface area contributed by atoms with Gasteiger partial charge in [-0.3, -0.25) is 0 Å². The van der Waals surface area contributed by atoms with Crippen LogP contribution in [0, 0.1) is 24.2 Å². The lowest BCUT2D eigenvalue weighted by Gasteiger charge is -2.10. The van der Waals surface area contributed by atoms with Gasteiger partial charge >= 0.3 is 0 Å². The van der Waals surface area contributed by atoms with E-state index >= 15 is 0 Å². The Balaban J connectivity index is 3.48. The van der Waals surface area contributed by atoms with Gasteiger partial charge in [0, 0.05) is 6.42 Å². The van der Waals surface area contributed by atoms with Crippen LogP contribution < -0.4 is 0 Å². The molecule has 0 nitrogen and oxygen atoms in total. The van der Waals surface area contributed by atoms with Crippen molar-refractivity contribution in [2.45, 2.75) is 26.7 Å². The molecule has 0 rings (SSSR count). The molecule has 0 saturated carbocycles. The van der Waals surface area contributed by atoms with Crippen molar-refractivity contribution < 1.29 is 0 Å². The van der Waals surface area contributed by atoms with Crippen LogP contribution in [0.5, 0.6) is 0 Å². The number of rotatable bonds is 4. The van der Waals surface area contributed by atoms with Crippen LogP contribution in [0.4, 0.5) is 0 Å². The Morgan fingerprint density at radius 1 is 1.60 bits per heavy atom. The molecule has 0 bridgehead atoms. The molecule has 2 atom stereocenters. The molecule has 0 fully saturated rings. The summed E-state index contributed by atoms with van der Waals surface area (Å²) in [5.74, 6) is 3.90. The van der Waals surface area contributed by atoms with Crippen LogP contribution >= 0.6 is 0 Å². The first-order chi connectivity index (χ1) is 4.70. The number of hydrogen-bond acceptors (Lipinski definition) is 0. The van der Waals surface area contributed by atoms with E-state index in [1.54, 1.807) is 0 Å². The molecule has 0 radical (unpaired) electrons. The van der Waals surface area contributed by atoms with Crippen molar-refractivity contribution in [1.82, 2.24) is 0 Å². The summed E-state index contributed by atoms with van der Waals surface area (Å²) >= 11 is 0. The zero-order valence-corrected chi connectivity index (χ0v) is 6.93. The molecule has 0 aliphatic heterocycles. The highest BCUT2D eigenvalue weighted by Gasteiger charge is 2.03. The van der Waals surface area contributed by atoms with E-state index in [9.17, 15) is 0 Å². The van der Waals surface area contributed by atoms with Crippen molar-refractivity contribution in [3.63, 3.8) is 0 Å². The van der Waals surface area contributed by atoms with Gasteiger partial charge in [-0.25, -0.2) is 0 Å². The van der Waals surface area contributed by atoms with Crippen molar-refractivity contribution in [1.29, 1.82) is 0 Å². The third kappa shape index (κ3) is 4.21. The lowest BCUT2D eigenvalue weighted by molar-refractivity contribution is 0.477. The van der Waals surface area contributed by atoms with Crippen molar-refractivity contribution in [3.8, 4) is 12.3 Å². The second kappa shape index (κ2) is 5.11. The zero-order chi connectivity index (χ0) is 7.98. The molecule has 0 amide bonds. The van der Waals surface area contributed by atoms with Crippen molar-refractivity contribution in [3.05, 3.63) is 12.7 Å². The summed E-state index contributed by atoms with van der Waals surface area (Å²) in [7, 11) is 0. The van der Waals surface area contributed by atoms with E-state index in [1.165, 1.54) is 0 Å². The van der Waals surface area contributed by atoms with Gasteiger partial charge in [0.2, 0.25) is 0 Å². The Hall–Kier alpha value is -0.700. The smallest absolute Gasteiger partial charge is 0.0112 e. The van der Waals surface area contributed by atoms with Gasteiger partial charge < -0.3 is 0 Å². The lowest BCUT2D eigenvalue weighted by Crippen LogP contribution is -1.99. The number of terminal acetylenes is 1. The van der Waals surface area contributed by atoms with Gasteiger partial charge in [0.25, 0.3) is 0 Å². The van der Waals surface area contributed by atoms with E-state index < -0.39 is 0 Å². The first-order valence-electron chi connectivity index (χ1n) is 3.76. The quantitative estimate of drug-likeness (QED) is 0.412. The zero-order valence-electron chi connectivity index (χ0n) is 6.93. The molecule has 56 valence electrons. The molecule has 10 heavy (non-hydrogen) atoms. The molecular weight excluding hydrogens is 120 g/mol. The first kappa shape index (κ1) is 9.30. The van der Waals surface area contributed by atoms with Crippen LogP contribution in [0.1, 0.15) is 26.7 Å². The van der Waals surface area contributed by atoms with Crippen molar-refractivity contribution in [2.75, 3.05) is 0 Å². The minimum Gasteiger partial charge on any atom is -0.120 e. The van der Waals surface area contributed by atoms with Gasteiger partial charge in [-0.05, 0) is 18.3 Å². The molecule has 0 aliphatic rings. The lowest BCUT2D eigenvalue weighted by atomic mass is 9.95. The average Bonchev–Trinajstić information content (AvgIpc) is 1.88. The molecule has 0 saturated heterocycles. The Morgan fingerprint density at radius 3 is 2.60 bits per heavy atom. The maximum atomic E-state index is 5.17. The standard InChI is InChI=1S/C10H16/c1-5-7-10(4)8-9(3)6-2/h1,6,9-10H,2,7-8H2,3-4H3/t9-,10-/m1/s1. The molecule has 0 heterocycles. The molecular formula is C10H16. The molecule has 0 N–H and O–H groups in total. The largest absolute Gasteiger partial charge is 0.120 e. The van der Waals surface area contributed by atoms with Crippen LogP contribution in [-0.2, 0) is 0 Å². The van der Waals surface area contributed by atoms with Gasteiger partial charge in [-0.1, -0.05) is 19.9 Å². The maximum Gasteiger partial charge on any atom is 0.0112 e. The van der Waals surface area contributed by atoms with Crippen LogP contribution in [0.15, 0.2) is 12.7 Å². The minimum absolute atomic E-state index is 0.600. The molecule has 0 aromatic rings. The summed E-state index contributed by atoms with van der Waals surface area (Å²) in [6, 6.07) is 0. The van der Waals surface area contributed by atoms with Crippen molar-refractivity contribution >= 4 is 0 Å². The second-order valence-corrected chi connectivity index (χ2v) is 2.96. The predicted octanol–water partition coefficient (Wildman–Crippen LogP) is 2.86. The van der Waals surface area contributed by atoms with E-state index in [1.807, 2.05) is 6.08 Å². The Kier molecular flexibility index (Phi) is 4.76. The average molecular weight is 136 g/mol. The van der Waals surface area contributed by atoms with E-state index in [2.05, 4.69) is 26.3 Å². The summed E-state index contributed by atoms with van der Waals surface area (Å²) in [6.45, 7) is 8.07. The predicted molar refractivity (Wildman–Crippen MR) is 46.6 cm³/mol. The fraction of sp³-hybridized carbons (Fsp3) is 0.600. The normalized spacial score (nSPS) is 15.3. The maximum absolute atomic E-state index is 5.17. The van der Waals surface area contributed by atoms with Crippen LogP contribution in [0.3, 0.4) is 0 Å². The van der Waals surface area contributed by atoms with E-state index in [4.69, 9.17) is 6.42 Å². The van der Waals surface area contributed by atoms with E-state index in [-0.39, 0.29) is 0 Å². The number of allylic oxidation sites excluding steroid dienone is 1. The SMILES string of the molecule is C#CC[C@@H](C)C[C@H](C)C=C. The minimum atomic E-state index is 0.600. The van der Waals surface area contributed by atoms with E-state index in [0.717, 1.165) is 12.8 Å². The summed E-state index contributed by atoms with van der Waals surface area (Å²) in [4.78, 5) is 0. The summed E-state index contributed by atoms with van der Waals surface area (Å²) < 4.78 is 0. The Morgan fingerprint density at radius 2 is 2.20 bits per heavy atom. The van der Waals surface area contributed by atoms with Crippen molar-refractivity contribution in [2.24, 2.45) is 11.8 Å². The summed E-state index contributed by atoms with van der Waals surface area (Å²) in [5, 5.41) is 0. The van der Waals surface area contributed by atoms with Crippen LogP contribution in [-0.4, -0.2) is 0 Å². The van der Waals surface area contributed by atoms with E-state index in [0.29, 0.717) is 11.8 Å². The Bertz CT molecular complexity index is 127. The highest BCUT2D eigenvalue weighted by molar-refractivity contribution is 4.87. The Labute approximate surface area is 64.3 Å². The fourth-order valence-electron chi connectivity index (χ4n) is 1.02. The molecule has 0 aromatic heterocycles. The summed E-state index contributed by atoms with van der Waals surface area (Å²) in [6.07, 6.45) is 9.20. The van der Waals surface area contributed by atoms with Gasteiger partial charge in [0.1, 0.15) is 0 Å². The molecule has 0 aliphatic carbocycles. The molecule has 0 aromatic carbocycles. The van der Waals surface area contributed by atoms with Gasteiger partial charge in [-0.15, -0.1) is 18.9 Å². The fourth-order valence-corrected chi connectivity index (χ4v) is 1.02. The van der Waals surface area contributed by atoms with Crippen LogP contribution in [0.25, 0.3) is 0 Å². The molecule has 0 heteroatoms. The second-order valence-electron chi connectivity index (χ2n) is 2.96. The highest BCUT2D eigenvalue weighted by Crippen LogP contribution is 2.14. The third-order valence-electron chi connectivity index (χ3n) is 1.64. The van der Waals surface area contributed by atoms with Crippen LogP contribution in [0.2, 0.25) is 0 Å². The van der Waals surface area contributed by atoms with Gasteiger partial charge in [0.15, 0.2) is 0 Å². The topological polar surface area (TPSA) is 0 Å². The summed E-state index contributed by atoms with van der Waals surface area (Å²) in [5.41, 5.74) is 0. The molecule has 0 spiro atoms. The molecule has 0 unspecified atom stereocenters.